The number of nitrogens with one attached hydrogen (secondary N) is 1. The average Bonchev–Trinajstić information content (AvgIpc) is 3.42. The van der Waals surface area contributed by atoms with Crippen LogP contribution in [0.5, 0.6) is 0 Å². The van der Waals surface area contributed by atoms with Gasteiger partial charge in [-0.3, -0.25) is 24.6 Å². The molecule has 8 heteroatoms. The van der Waals surface area contributed by atoms with Crippen molar-refractivity contribution in [3.8, 4) is 0 Å². The van der Waals surface area contributed by atoms with Crippen molar-refractivity contribution in [3.63, 3.8) is 0 Å². The van der Waals surface area contributed by atoms with Gasteiger partial charge < -0.3 is 0 Å². The van der Waals surface area contributed by atoms with E-state index < -0.39 is 5.91 Å². The number of hydrogen-bond donors (Lipinski definition) is 1. The van der Waals surface area contributed by atoms with Crippen molar-refractivity contribution in [2.24, 2.45) is 0 Å². The number of carbonyl (C=O) groups is 3. The standard InChI is InChI=1S/C29H24N4O3S/c1-18-7-5-6-10-24(18)33-27(35)21-12-11-20(15-22(21)28(33)36)26(34)31-29-30-23-13-14-32(17-25(23)37-29)16-19-8-3-2-4-9-19/h2-12,15H,13-14,16-17H2,1H3,(H,30,31,34). The van der Waals surface area contributed by atoms with Crippen LogP contribution >= 0.6 is 11.3 Å². The topological polar surface area (TPSA) is 82.6 Å². The Morgan fingerprint density at radius 2 is 1.73 bits per heavy atom. The monoisotopic (exact) mass is 508 g/mol. The van der Waals surface area contributed by atoms with Crippen LogP contribution in [-0.4, -0.2) is 34.2 Å². The zero-order valence-corrected chi connectivity index (χ0v) is 21.0. The van der Waals surface area contributed by atoms with E-state index in [1.165, 1.54) is 27.9 Å². The van der Waals surface area contributed by atoms with Gasteiger partial charge in [-0.25, -0.2) is 9.88 Å². The van der Waals surface area contributed by atoms with Gasteiger partial charge in [0.15, 0.2) is 5.13 Å². The molecule has 3 aromatic carbocycles. The number of nitrogens with zero attached hydrogens (tertiary/aromatic N) is 3. The highest BCUT2D eigenvalue weighted by molar-refractivity contribution is 7.15. The number of amides is 3. The van der Waals surface area contributed by atoms with Crippen molar-refractivity contribution in [1.82, 2.24) is 9.88 Å². The summed E-state index contributed by atoms with van der Waals surface area (Å²) < 4.78 is 0. The summed E-state index contributed by atoms with van der Waals surface area (Å²) in [6.07, 6.45) is 0.832. The van der Waals surface area contributed by atoms with Crippen molar-refractivity contribution in [2.45, 2.75) is 26.4 Å². The largest absolute Gasteiger partial charge is 0.298 e. The average molecular weight is 509 g/mol. The molecule has 4 aromatic rings. The van der Waals surface area contributed by atoms with Crippen LogP contribution < -0.4 is 10.2 Å². The van der Waals surface area contributed by atoms with E-state index in [2.05, 4.69) is 27.3 Å². The van der Waals surface area contributed by atoms with Crippen molar-refractivity contribution in [1.29, 1.82) is 0 Å². The molecule has 2 aliphatic rings. The molecular formula is C29H24N4O3S. The lowest BCUT2D eigenvalue weighted by atomic mass is 10.1. The number of rotatable bonds is 5. The predicted octanol–water partition coefficient (Wildman–Crippen LogP) is 5.06. The van der Waals surface area contributed by atoms with E-state index in [9.17, 15) is 14.4 Å². The molecule has 0 radical (unpaired) electrons. The Morgan fingerprint density at radius 1 is 0.973 bits per heavy atom. The second kappa shape index (κ2) is 9.38. The van der Waals surface area contributed by atoms with Gasteiger partial charge >= 0.3 is 0 Å². The lowest BCUT2D eigenvalue weighted by Gasteiger charge is -2.25. The molecule has 0 fully saturated rings. The Labute approximate surface area is 218 Å². The van der Waals surface area contributed by atoms with Crippen LogP contribution in [-0.2, 0) is 19.5 Å². The number of aromatic nitrogens is 1. The first-order valence-corrected chi connectivity index (χ1v) is 12.9. The minimum Gasteiger partial charge on any atom is -0.298 e. The Kier molecular flexibility index (Phi) is 5.90. The molecule has 0 saturated carbocycles. The van der Waals surface area contributed by atoms with Crippen LogP contribution in [0.3, 0.4) is 0 Å². The summed E-state index contributed by atoms with van der Waals surface area (Å²) in [5, 5.41) is 3.43. The SMILES string of the molecule is Cc1ccccc1N1C(=O)c2ccc(C(=O)Nc3nc4c(s3)CN(Cc3ccccc3)CC4)cc2C1=O. The third-order valence-electron chi connectivity index (χ3n) is 6.78. The minimum absolute atomic E-state index is 0.232. The van der Waals surface area contributed by atoms with Gasteiger partial charge in [-0.15, -0.1) is 11.3 Å². The summed E-state index contributed by atoms with van der Waals surface area (Å²) in [6.45, 7) is 4.44. The third kappa shape index (κ3) is 4.34. The van der Waals surface area contributed by atoms with Gasteiger partial charge in [0, 0.05) is 36.5 Å². The summed E-state index contributed by atoms with van der Waals surface area (Å²) in [4.78, 5) is 48.5. The van der Waals surface area contributed by atoms with Crippen LogP contribution in [0.1, 0.15) is 52.8 Å². The molecule has 37 heavy (non-hydrogen) atoms. The zero-order valence-electron chi connectivity index (χ0n) is 20.2. The van der Waals surface area contributed by atoms with Gasteiger partial charge in [0.05, 0.1) is 22.5 Å². The van der Waals surface area contributed by atoms with Crippen LogP contribution in [0.4, 0.5) is 10.8 Å². The number of aryl methyl sites for hydroxylation is 1. The first-order chi connectivity index (χ1) is 18.0. The van der Waals surface area contributed by atoms with Crippen LogP contribution in [0.2, 0.25) is 0 Å². The fourth-order valence-electron chi connectivity index (χ4n) is 4.86. The lowest BCUT2D eigenvalue weighted by Crippen LogP contribution is -2.29. The molecule has 0 bridgehead atoms. The number of thiazole rings is 1. The van der Waals surface area contributed by atoms with Crippen LogP contribution in [0.15, 0.2) is 72.8 Å². The van der Waals surface area contributed by atoms with Crippen molar-refractivity contribution < 1.29 is 14.4 Å². The fraction of sp³-hybridized carbons (Fsp3) is 0.172. The normalized spacial score (nSPS) is 15.0. The van der Waals surface area contributed by atoms with Gasteiger partial charge in [-0.1, -0.05) is 48.5 Å². The summed E-state index contributed by atoms with van der Waals surface area (Å²) >= 11 is 1.48. The molecule has 1 N–H and O–H groups in total. The van der Waals surface area contributed by atoms with Crippen molar-refractivity contribution >= 4 is 39.9 Å². The van der Waals surface area contributed by atoms with E-state index in [4.69, 9.17) is 0 Å². The first kappa shape index (κ1) is 23.3. The maximum atomic E-state index is 13.1. The summed E-state index contributed by atoms with van der Waals surface area (Å²) in [6, 6.07) is 22.3. The molecule has 3 heterocycles. The van der Waals surface area contributed by atoms with Gasteiger partial charge in [-0.2, -0.15) is 0 Å². The van der Waals surface area contributed by atoms with E-state index in [1.54, 1.807) is 24.3 Å². The number of carbonyl (C=O) groups excluding carboxylic acids is 3. The molecule has 0 unspecified atom stereocenters. The van der Waals surface area contributed by atoms with Gasteiger partial charge in [-0.05, 0) is 42.3 Å². The number of hydrogen-bond acceptors (Lipinski definition) is 6. The maximum absolute atomic E-state index is 13.1. The molecule has 6 rings (SSSR count). The van der Waals surface area contributed by atoms with E-state index in [-0.39, 0.29) is 17.4 Å². The molecule has 0 spiro atoms. The number of para-hydroxylation sites is 1. The Hall–Kier alpha value is -4.14. The molecule has 7 nitrogen and oxygen atoms in total. The molecule has 0 saturated heterocycles. The van der Waals surface area contributed by atoms with Gasteiger partial charge in [0.25, 0.3) is 17.7 Å². The Morgan fingerprint density at radius 3 is 2.54 bits per heavy atom. The molecule has 3 amide bonds. The number of benzene rings is 3. The zero-order chi connectivity index (χ0) is 25.5. The van der Waals surface area contributed by atoms with Gasteiger partial charge in [0.1, 0.15) is 0 Å². The van der Waals surface area contributed by atoms with Crippen molar-refractivity contribution in [3.05, 3.63) is 111 Å². The fourth-order valence-corrected chi connectivity index (χ4v) is 5.91. The Balaban J connectivity index is 1.17. The van der Waals surface area contributed by atoms with E-state index in [0.29, 0.717) is 21.9 Å². The highest BCUT2D eigenvalue weighted by atomic mass is 32.1. The molecule has 1 aromatic heterocycles. The number of imide groups is 1. The van der Waals surface area contributed by atoms with Gasteiger partial charge in [0.2, 0.25) is 0 Å². The highest BCUT2D eigenvalue weighted by Gasteiger charge is 2.37. The molecule has 184 valence electrons. The third-order valence-corrected chi connectivity index (χ3v) is 7.78. The molecule has 0 atom stereocenters. The van der Waals surface area contributed by atoms with E-state index in [0.717, 1.165) is 42.2 Å². The van der Waals surface area contributed by atoms with Crippen molar-refractivity contribution in [2.75, 3.05) is 16.8 Å². The number of fused-ring (bicyclic) bond motifs is 2. The smallest absolute Gasteiger partial charge is 0.266 e. The van der Waals surface area contributed by atoms with E-state index in [1.807, 2.05) is 37.3 Å². The summed E-state index contributed by atoms with van der Waals surface area (Å²) in [7, 11) is 0. The maximum Gasteiger partial charge on any atom is 0.266 e. The summed E-state index contributed by atoms with van der Waals surface area (Å²) in [5.74, 6) is -1.16. The second-order valence-electron chi connectivity index (χ2n) is 9.28. The lowest BCUT2D eigenvalue weighted by molar-refractivity contribution is 0.0925. The quantitative estimate of drug-likeness (QED) is 0.381. The number of anilines is 2. The molecular weight excluding hydrogens is 484 g/mol. The first-order valence-electron chi connectivity index (χ1n) is 12.1. The summed E-state index contributed by atoms with van der Waals surface area (Å²) in [5.41, 5.74) is 4.51. The van der Waals surface area contributed by atoms with Crippen LogP contribution in [0, 0.1) is 6.92 Å². The highest BCUT2D eigenvalue weighted by Crippen LogP contribution is 2.32. The minimum atomic E-state index is -0.424. The van der Waals surface area contributed by atoms with E-state index >= 15 is 0 Å². The molecule has 0 aliphatic carbocycles. The predicted molar refractivity (Wildman–Crippen MR) is 143 cm³/mol. The van der Waals surface area contributed by atoms with Crippen LogP contribution in [0.25, 0.3) is 0 Å². The molecule has 2 aliphatic heterocycles. The second-order valence-corrected chi connectivity index (χ2v) is 10.4. The Bertz CT molecular complexity index is 1550.